The molecule has 2 aromatic heterocycles. The highest BCUT2D eigenvalue weighted by Crippen LogP contribution is 2.33. The molecule has 6 nitrogen and oxygen atoms in total. The van der Waals surface area contributed by atoms with E-state index in [-0.39, 0.29) is 17.9 Å². The Bertz CT molecular complexity index is 1140. The van der Waals surface area contributed by atoms with E-state index < -0.39 is 11.7 Å². The fourth-order valence-corrected chi connectivity index (χ4v) is 4.62. The van der Waals surface area contributed by atoms with Crippen LogP contribution in [0.5, 0.6) is 0 Å². The van der Waals surface area contributed by atoms with Gasteiger partial charge in [-0.2, -0.15) is 13.2 Å². The van der Waals surface area contributed by atoms with Gasteiger partial charge in [-0.05, 0) is 43.4 Å². The molecule has 1 amide bonds. The monoisotopic (exact) mass is 489 g/mol. The van der Waals surface area contributed by atoms with E-state index in [9.17, 15) is 18.0 Å². The Hall–Kier alpha value is -3.07. The summed E-state index contributed by atoms with van der Waals surface area (Å²) < 4.78 is 38.4. The molecule has 0 radical (unpaired) electrons. The van der Waals surface area contributed by atoms with E-state index >= 15 is 0 Å². The van der Waals surface area contributed by atoms with Crippen molar-refractivity contribution in [3.8, 4) is 11.4 Å². The van der Waals surface area contributed by atoms with Crippen molar-refractivity contribution in [2.24, 2.45) is 5.92 Å². The molecule has 1 aliphatic rings. The highest BCUT2D eigenvalue weighted by Gasteiger charge is 2.34. The molecule has 0 spiro atoms. The van der Waals surface area contributed by atoms with Crippen molar-refractivity contribution < 1.29 is 18.0 Å². The van der Waals surface area contributed by atoms with E-state index in [0.29, 0.717) is 47.2 Å². The molecule has 0 aliphatic carbocycles. The molecule has 2 atom stereocenters. The Morgan fingerprint density at radius 2 is 1.82 bits per heavy atom. The van der Waals surface area contributed by atoms with Crippen LogP contribution in [0.1, 0.15) is 47.9 Å². The first-order chi connectivity index (χ1) is 16.3. The van der Waals surface area contributed by atoms with Crippen LogP contribution >= 0.6 is 11.6 Å². The summed E-state index contributed by atoms with van der Waals surface area (Å²) in [4.78, 5) is 31.9. The van der Waals surface area contributed by atoms with Crippen LogP contribution in [0, 0.1) is 5.92 Å². The molecule has 0 unspecified atom stereocenters. The lowest BCUT2D eigenvalue weighted by Crippen LogP contribution is -2.48. The van der Waals surface area contributed by atoms with Crippen molar-refractivity contribution in [3.63, 3.8) is 0 Å². The first kappa shape index (κ1) is 24.1. The number of aryl methyl sites for hydroxylation is 1. The van der Waals surface area contributed by atoms with Crippen molar-refractivity contribution in [2.45, 2.75) is 44.8 Å². The third-order valence-electron chi connectivity index (χ3n) is 6.11. The summed E-state index contributed by atoms with van der Waals surface area (Å²) in [7, 11) is 0. The van der Waals surface area contributed by atoms with E-state index in [0.717, 1.165) is 25.2 Å². The molecule has 34 heavy (non-hydrogen) atoms. The largest absolute Gasteiger partial charge is 0.419 e. The van der Waals surface area contributed by atoms with Gasteiger partial charge in [0.2, 0.25) is 0 Å². The Labute approximate surface area is 200 Å². The van der Waals surface area contributed by atoms with Crippen molar-refractivity contribution in [1.29, 1.82) is 0 Å². The van der Waals surface area contributed by atoms with Crippen molar-refractivity contribution in [2.75, 3.05) is 6.54 Å². The number of carbonyl (C=O) groups excluding carboxylic acids is 1. The predicted octanol–water partition coefficient (Wildman–Crippen LogP) is 5.48. The number of aromatic nitrogens is 4. The van der Waals surface area contributed by atoms with Crippen LogP contribution in [0.3, 0.4) is 0 Å². The van der Waals surface area contributed by atoms with E-state index in [2.05, 4.69) is 26.9 Å². The predicted molar refractivity (Wildman–Crippen MR) is 121 cm³/mol. The van der Waals surface area contributed by atoms with Crippen LogP contribution in [0.15, 0.2) is 49.1 Å². The number of amides is 1. The number of likely N-dealkylation sites (tertiary alicyclic amines) is 1. The van der Waals surface area contributed by atoms with Crippen LogP contribution < -0.4 is 0 Å². The van der Waals surface area contributed by atoms with Gasteiger partial charge >= 0.3 is 6.18 Å². The third-order valence-corrected chi connectivity index (χ3v) is 6.42. The minimum Gasteiger partial charge on any atom is -0.335 e. The lowest BCUT2D eigenvalue weighted by Gasteiger charge is -2.40. The highest BCUT2D eigenvalue weighted by molar-refractivity contribution is 6.34. The second-order valence-corrected chi connectivity index (χ2v) is 8.75. The number of hydrogen-bond acceptors (Lipinski definition) is 5. The molecule has 0 N–H and O–H groups in total. The van der Waals surface area contributed by atoms with Gasteiger partial charge < -0.3 is 4.90 Å². The number of rotatable bonds is 5. The zero-order chi connectivity index (χ0) is 24.3. The van der Waals surface area contributed by atoms with Gasteiger partial charge in [-0.15, -0.1) is 0 Å². The number of benzene rings is 1. The van der Waals surface area contributed by atoms with Gasteiger partial charge in [-0.25, -0.2) is 19.9 Å². The van der Waals surface area contributed by atoms with E-state index in [1.165, 1.54) is 0 Å². The summed E-state index contributed by atoms with van der Waals surface area (Å²) in [5.41, 5.74) is 0.0251. The quantitative estimate of drug-likeness (QED) is 0.474. The molecule has 3 heterocycles. The van der Waals surface area contributed by atoms with Crippen molar-refractivity contribution in [1.82, 2.24) is 24.8 Å². The molecule has 10 heteroatoms. The van der Waals surface area contributed by atoms with Gasteiger partial charge in [0.15, 0.2) is 5.82 Å². The molecule has 178 valence electrons. The Morgan fingerprint density at radius 1 is 1.12 bits per heavy atom. The summed E-state index contributed by atoms with van der Waals surface area (Å²) in [6.45, 7) is 2.65. The minimum atomic E-state index is -4.48. The summed E-state index contributed by atoms with van der Waals surface area (Å²) in [6, 6.07) is 6.71. The Kier molecular flexibility index (Phi) is 7.11. The number of carbonyl (C=O) groups is 1. The maximum Gasteiger partial charge on any atom is 0.419 e. The average molecular weight is 490 g/mol. The average Bonchev–Trinajstić information content (AvgIpc) is 2.83. The molecule has 3 aromatic rings. The first-order valence-electron chi connectivity index (χ1n) is 11.0. The van der Waals surface area contributed by atoms with Crippen molar-refractivity contribution in [3.05, 3.63) is 71.0 Å². The second-order valence-electron chi connectivity index (χ2n) is 8.34. The topological polar surface area (TPSA) is 71.9 Å². The standard InChI is InChI=1S/C24H23ClF3N5O/c1-15-5-3-12-33(19(15)8-9-20-31-13-16(14-32-20)24(26,27)28)23(34)17-6-2-7-18(25)21(17)22-29-10-4-11-30-22/h2,4,6-7,10-11,13-15,19H,3,5,8-9,12H2,1H3/t15-,19-/m1/s1. The molecule has 1 aromatic carbocycles. The molecular weight excluding hydrogens is 467 g/mol. The summed E-state index contributed by atoms with van der Waals surface area (Å²) >= 11 is 6.45. The SMILES string of the molecule is C[C@@H]1CCCN(C(=O)c2cccc(Cl)c2-c2ncccn2)[C@@H]1CCc1ncc(C(F)(F)F)cn1. The highest BCUT2D eigenvalue weighted by atomic mass is 35.5. The maximum atomic E-state index is 13.7. The number of nitrogens with zero attached hydrogens (tertiary/aromatic N) is 5. The molecule has 4 rings (SSSR count). The zero-order valence-electron chi connectivity index (χ0n) is 18.5. The molecule has 1 saturated heterocycles. The minimum absolute atomic E-state index is 0.115. The Balaban J connectivity index is 1.57. The van der Waals surface area contributed by atoms with Gasteiger partial charge in [-0.3, -0.25) is 4.79 Å². The maximum absolute atomic E-state index is 13.7. The second kappa shape index (κ2) is 10.0. The summed E-state index contributed by atoms with van der Waals surface area (Å²) in [6.07, 6.45) is 3.02. The number of alkyl halides is 3. The number of hydrogen-bond donors (Lipinski definition) is 0. The molecule has 1 fully saturated rings. The number of halogens is 4. The van der Waals surface area contributed by atoms with Gasteiger partial charge in [0.25, 0.3) is 5.91 Å². The normalized spacial score (nSPS) is 18.7. The third kappa shape index (κ3) is 5.19. The van der Waals surface area contributed by atoms with Crippen LogP contribution in [0.2, 0.25) is 5.02 Å². The fraction of sp³-hybridized carbons (Fsp3) is 0.375. The van der Waals surface area contributed by atoms with Crippen LogP contribution in [0.4, 0.5) is 13.2 Å². The van der Waals surface area contributed by atoms with Gasteiger partial charge in [-0.1, -0.05) is 24.6 Å². The number of piperidine rings is 1. The summed E-state index contributed by atoms with van der Waals surface area (Å²) in [5.74, 6) is 0.730. The van der Waals surface area contributed by atoms with E-state index in [4.69, 9.17) is 11.6 Å². The van der Waals surface area contributed by atoms with Gasteiger partial charge in [0.05, 0.1) is 21.7 Å². The Morgan fingerprint density at radius 3 is 2.50 bits per heavy atom. The summed E-state index contributed by atoms with van der Waals surface area (Å²) in [5, 5.41) is 0.386. The van der Waals surface area contributed by atoms with Crippen molar-refractivity contribution >= 4 is 17.5 Å². The smallest absolute Gasteiger partial charge is 0.335 e. The lowest BCUT2D eigenvalue weighted by atomic mass is 9.87. The van der Waals surface area contributed by atoms with Crippen LogP contribution in [-0.2, 0) is 12.6 Å². The fourth-order valence-electron chi connectivity index (χ4n) is 4.36. The molecule has 0 bridgehead atoms. The molecule has 0 saturated carbocycles. The van der Waals surface area contributed by atoms with Gasteiger partial charge in [0, 0.05) is 43.8 Å². The molecular formula is C24H23ClF3N5O. The van der Waals surface area contributed by atoms with E-state index in [1.54, 1.807) is 36.7 Å². The van der Waals surface area contributed by atoms with Crippen LogP contribution in [-0.4, -0.2) is 43.3 Å². The van der Waals surface area contributed by atoms with Crippen LogP contribution in [0.25, 0.3) is 11.4 Å². The zero-order valence-corrected chi connectivity index (χ0v) is 19.2. The van der Waals surface area contributed by atoms with E-state index in [1.807, 2.05) is 4.90 Å². The van der Waals surface area contributed by atoms with Gasteiger partial charge in [0.1, 0.15) is 5.82 Å². The lowest BCUT2D eigenvalue weighted by molar-refractivity contribution is -0.138. The first-order valence-corrected chi connectivity index (χ1v) is 11.4. The molecule has 1 aliphatic heterocycles.